The van der Waals surface area contributed by atoms with Gasteiger partial charge in [0, 0.05) is 60.6 Å². The molecule has 0 radical (unpaired) electrons. The third kappa shape index (κ3) is 11.8. The van der Waals surface area contributed by atoms with Crippen molar-refractivity contribution in [3.8, 4) is 0 Å². The van der Waals surface area contributed by atoms with Crippen LogP contribution in [0.5, 0.6) is 0 Å². The Morgan fingerprint density at radius 3 is 2.53 bits per heavy atom. The smallest absolute Gasteiger partial charge is 0.308 e. The van der Waals surface area contributed by atoms with Crippen molar-refractivity contribution in [2.45, 2.75) is 62.7 Å². The number of carbonyl (C=O) groups is 4. The van der Waals surface area contributed by atoms with Crippen LogP contribution in [0.2, 0.25) is 0 Å². The average Bonchev–Trinajstić information content (AvgIpc) is 3.63. The zero-order chi connectivity index (χ0) is 41.6. The minimum absolute atomic E-state index is 0.110. The number of imidazole rings is 1. The predicted octanol–water partition coefficient (Wildman–Crippen LogP) is 6.06. The normalized spacial score (nSPS) is 13.6. The minimum Gasteiger partial charge on any atom is -0.469 e. The minimum atomic E-state index is -0.775. The molecule has 4 aromatic carbocycles. The summed E-state index contributed by atoms with van der Waals surface area (Å²) >= 11 is 0.897. The van der Waals surface area contributed by atoms with E-state index in [0.717, 1.165) is 70.5 Å². The third-order valence-electron chi connectivity index (χ3n) is 9.85. The number of hydrogen-bond acceptors (Lipinski definition) is 13. The molecule has 1 aliphatic heterocycles. The zero-order valence-corrected chi connectivity index (χ0v) is 33.7. The SMILES string of the molecule is COC(=O)C[C@@H]1Nc2ccc(C(=O)N(CCCCCCNC(=O)c3ccc(NNCc4ccccc4SOOO)cc3)Cc3nc4ccccc4[nH]3)cc2CN(C)C1=O. The molecule has 6 N–H and O–H groups in total. The first-order chi connectivity index (χ1) is 28.7. The summed E-state index contributed by atoms with van der Waals surface area (Å²) in [5.74, 6) is -0.369. The number of carbonyl (C=O) groups excluding carboxylic acids is 4. The van der Waals surface area contributed by atoms with Crippen molar-refractivity contribution in [3.63, 3.8) is 0 Å². The number of esters is 1. The van der Waals surface area contributed by atoms with Crippen molar-refractivity contribution in [1.82, 2.24) is 30.5 Å². The van der Waals surface area contributed by atoms with E-state index in [2.05, 4.69) is 35.8 Å². The fourth-order valence-electron chi connectivity index (χ4n) is 6.75. The molecule has 0 spiro atoms. The van der Waals surface area contributed by atoms with Crippen LogP contribution in [0.1, 0.15) is 69.8 Å². The Bertz CT molecular complexity index is 2190. The van der Waals surface area contributed by atoms with E-state index in [1.807, 2.05) is 60.7 Å². The number of amides is 3. The van der Waals surface area contributed by atoms with Crippen molar-refractivity contribution in [1.29, 1.82) is 0 Å². The maximum atomic E-state index is 14.1. The quantitative estimate of drug-likeness (QED) is 0.0174. The van der Waals surface area contributed by atoms with Crippen LogP contribution < -0.4 is 21.5 Å². The van der Waals surface area contributed by atoms with Gasteiger partial charge in [0.2, 0.25) is 5.91 Å². The van der Waals surface area contributed by atoms with Gasteiger partial charge in [-0.25, -0.2) is 15.7 Å². The molecular formula is C42H48N8O8S. The number of nitrogens with zero attached hydrogens (tertiary/aromatic N) is 3. The van der Waals surface area contributed by atoms with Gasteiger partial charge in [0.25, 0.3) is 11.8 Å². The standard InChI is InChI=1S/C42H48N8O8S/c1-49-26-31-23-29(17-20-33(31)45-36(42(49)54)24-39(51)56-2)41(53)50(27-38-46-34-12-6-7-13-35(34)47-38)22-10-4-3-9-21-43-40(52)28-15-18-32(19-16-28)48-44-25-30-11-5-8-14-37(30)59-58-57-55/h5-8,11-20,23,36,44-45,48,55H,3-4,9-10,21-22,24-27H2,1-2H3,(H,43,52)(H,46,47)/t36-/m0/s1. The highest BCUT2D eigenvalue weighted by atomic mass is 32.2. The molecule has 5 aromatic rings. The number of hydrogen-bond donors (Lipinski definition) is 6. The number of para-hydroxylation sites is 2. The van der Waals surface area contributed by atoms with Crippen LogP contribution >= 0.6 is 12.0 Å². The molecule has 2 heterocycles. The number of fused-ring (bicyclic) bond motifs is 2. The second kappa shape index (κ2) is 21.1. The van der Waals surface area contributed by atoms with Crippen molar-refractivity contribution >= 4 is 58.1 Å². The van der Waals surface area contributed by atoms with Crippen LogP contribution in [-0.2, 0) is 43.3 Å². The number of methoxy groups -OCH3 is 1. The largest absolute Gasteiger partial charge is 0.469 e. The summed E-state index contributed by atoms with van der Waals surface area (Å²) in [6.07, 6.45) is 3.13. The molecular weight excluding hydrogens is 777 g/mol. The summed E-state index contributed by atoms with van der Waals surface area (Å²) in [5, 5.41) is 18.3. The molecule has 59 heavy (non-hydrogen) atoms. The Labute approximate surface area is 346 Å². The Morgan fingerprint density at radius 1 is 0.966 bits per heavy atom. The number of likely N-dealkylation sites (N-methyl/N-ethyl adjacent to an activating group) is 1. The molecule has 6 rings (SSSR count). The highest BCUT2D eigenvalue weighted by Gasteiger charge is 2.30. The number of H-pyrrole nitrogens is 1. The number of aromatic amines is 1. The molecule has 310 valence electrons. The first kappa shape index (κ1) is 42.6. The Hall–Kier alpha value is -5.98. The van der Waals surface area contributed by atoms with Gasteiger partial charge in [0.1, 0.15) is 11.9 Å². The maximum absolute atomic E-state index is 14.1. The molecule has 1 aliphatic rings. The van der Waals surface area contributed by atoms with E-state index in [9.17, 15) is 19.2 Å². The first-order valence-electron chi connectivity index (χ1n) is 19.3. The highest BCUT2D eigenvalue weighted by Crippen LogP contribution is 2.27. The van der Waals surface area contributed by atoms with E-state index in [1.54, 1.807) is 47.2 Å². The molecule has 1 atom stereocenters. The molecule has 16 nitrogen and oxygen atoms in total. The number of aromatic nitrogens is 2. The Balaban J connectivity index is 0.985. The molecule has 0 bridgehead atoms. The fraction of sp³-hybridized carbons (Fsp3) is 0.310. The summed E-state index contributed by atoms with van der Waals surface area (Å²) in [4.78, 5) is 64.1. The third-order valence-corrected chi connectivity index (χ3v) is 10.6. The lowest BCUT2D eigenvalue weighted by atomic mass is 10.1. The van der Waals surface area contributed by atoms with Crippen LogP contribution in [0.25, 0.3) is 11.0 Å². The van der Waals surface area contributed by atoms with Crippen molar-refractivity contribution in [2.24, 2.45) is 0 Å². The molecule has 0 saturated carbocycles. The zero-order valence-electron chi connectivity index (χ0n) is 32.9. The van der Waals surface area contributed by atoms with Crippen LogP contribution in [-0.4, -0.2) is 82.0 Å². The van der Waals surface area contributed by atoms with Crippen LogP contribution in [0.3, 0.4) is 0 Å². The number of hydrazine groups is 1. The number of ether oxygens (including phenoxy) is 1. The summed E-state index contributed by atoms with van der Waals surface area (Å²) < 4.78 is 9.34. The van der Waals surface area contributed by atoms with Gasteiger partial charge < -0.3 is 35.6 Å². The first-order valence-corrected chi connectivity index (χ1v) is 20.0. The summed E-state index contributed by atoms with van der Waals surface area (Å²) in [7, 11) is 2.96. The lowest BCUT2D eigenvalue weighted by molar-refractivity contribution is -0.432. The van der Waals surface area contributed by atoms with Gasteiger partial charge in [-0.2, -0.15) is 0 Å². The molecule has 0 fully saturated rings. The Kier molecular flexibility index (Phi) is 15.3. The van der Waals surface area contributed by atoms with E-state index in [0.29, 0.717) is 42.3 Å². The van der Waals surface area contributed by atoms with Gasteiger partial charge in [-0.05, 0) is 84.6 Å². The van der Waals surface area contributed by atoms with Gasteiger partial charge in [-0.15, -0.1) is 4.33 Å². The Morgan fingerprint density at radius 2 is 1.73 bits per heavy atom. The fourth-order valence-corrected chi connectivity index (χ4v) is 7.23. The summed E-state index contributed by atoms with van der Waals surface area (Å²) in [6.45, 7) is 2.03. The molecule has 0 unspecified atom stereocenters. The van der Waals surface area contributed by atoms with E-state index < -0.39 is 12.0 Å². The van der Waals surface area contributed by atoms with Crippen LogP contribution in [0.4, 0.5) is 11.4 Å². The maximum Gasteiger partial charge on any atom is 0.308 e. The van der Waals surface area contributed by atoms with Gasteiger partial charge in [-0.3, -0.25) is 19.2 Å². The van der Waals surface area contributed by atoms with Crippen molar-refractivity contribution in [3.05, 3.63) is 119 Å². The van der Waals surface area contributed by atoms with E-state index in [4.69, 9.17) is 15.0 Å². The van der Waals surface area contributed by atoms with Crippen LogP contribution in [0, 0.1) is 0 Å². The summed E-state index contributed by atoms with van der Waals surface area (Å²) in [6, 6.07) is 26.9. The molecule has 3 amide bonds. The molecule has 0 aliphatic carbocycles. The highest BCUT2D eigenvalue weighted by molar-refractivity contribution is 7.94. The predicted molar refractivity (Wildman–Crippen MR) is 223 cm³/mol. The van der Waals surface area contributed by atoms with E-state index in [1.165, 1.54) is 7.11 Å². The monoisotopic (exact) mass is 824 g/mol. The van der Waals surface area contributed by atoms with E-state index >= 15 is 0 Å². The van der Waals surface area contributed by atoms with Gasteiger partial charge in [-0.1, -0.05) is 48.2 Å². The number of benzene rings is 4. The van der Waals surface area contributed by atoms with Gasteiger partial charge in [0.15, 0.2) is 0 Å². The topological polar surface area (TPSA) is 199 Å². The number of rotatable bonds is 20. The lowest BCUT2D eigenvalue weighted by Gasteiger charge is -2.23. The number of nitrogens with one attached hydrogen (secondary N) is 5. The van der Waals surface area contributed by atoms with Crippen molar-refractivity contribution in [2.75, 3.05) is 38.0 Å². The summed E-state index contributed by atoms with van der Waals surface area (Å²) in [5.41, 5.74) is 12.1. The number of anilines is 2. The average molecular weight is 825 g/mol. The molecule has 0 saturated heterocycles. The van der Waals surface area contributed by atoms with Gasteiger partial charge in [0.05, 0.1) is 43.2 Å². The number of unbranched alkanes of at least 4 members (excludes halogenated alkanes) is 3. The molecule has 1 aromatic heterocycles. The van der Waals surface area contributed by atoms with Crippen LogP contribution in [0.15, 0.2) is 95.9 Å². The molecule has 17 heteroatoms. The van der Waals surface area contributed by atoms with E-state index in [-0.39, 0.29) is 37.2 Å². The van der Waals surface area contributed by atoms with Crippen molar-refractivity contribution < 1.29 is 38.5 Å². The lowest BCUT2D eigenvalue weighted by Crippen LogP contribution is -2.39. The second-order valence-electron chi connectivity index (χ2n) is 14.0. The van der Waals surface area contributed by atoms with Gasteiger partial charge >= 0.3 is 5.97 Å². The second-order valence-corrected chi connectivity index (χ2v) is 14.8.